The summed E-state index contributed by atoms with van der Waals surface area (Å²) in [4.78, 5) is 22.3. The number of carbonyl (C=O) groups is 2. The third kappa shape index (κ3) is 6.40. The van der Waals surface area contributed by atoms with Crippen molar-refractivity contribution in [1.82, 2.24) is 10.6 Å². The molecule has 1 amide bonds. The second-order valence-corrected chi connectivity index (χ2v) is 3.91. The highest BCUT2D eigenvalue weighted by molar-refractivity contribution is 5.83. The number of rotatable bonds is 8. The zero-order valence-corrected chi connectivity index (χ0v) is 10.2. The van der Waals surface area contributed by atoms with Crippen LogP contribution in [0.5, 0.6) is 0 Å². The van der Waals surface area contributed by atoms with Crippen molar-refractivity contribution in [2.45, 2.75) is 52.1 Å². The highest BCUT2D eigenvalue weighted by Gasteiger charge is 2.19. The first kappa shape index (κ1) is 14.9. The van der Waals surface area contributed by atoms with E-state index in [-0.39, 0.29) is 11.9 Å². The van der Waals surface area contributed by atoms with Gasteiger partial charge in [0.1, 0.15) is 6.04 Å². The predicted molar refractivity (Wildman–Crippen MR) is 62.2 cm³/mol. The van der Waals surface area contributed by atoms with Gasteiger partial charge < -0.3 is 15.7 Å². The third-order valence-electron chi connectivity index (χ3n) is 2.25. The first-order chi connectivity index (χ1) is 7.51. The molecule has 0 spiro atoms. The van der Waals surface area contributed by atoms with Crippen molar-refractivity contribution >= 4 is 11.9 Å². The molecule has 0 bridgehead atoms. The largest absolute Gasteiger partial charge is 0.480 e. The molecule has 0 aliphatic rings. The Morgan fingerprint density at radius 3 is 2.38 bits per heavy atom. The predicted octanol–water partition coefficient (Wildman–Crippen LogP) is 0.744. The van der Waals surface area contributed by atoms with Crippen molar-refractivity contribution in [3.05, 3.63) is 0 Å². The van der Waals surface area contributed by atoms with Gasteiger partial charge in [-0.2, -0.15) is 0 Å². The second-order valence-electron chi connectivity index (χ2n) is 3.91. The average molecular weight is 230 g/mol. The molecule has 0 radical (unpaired) electrons. The van der Waals surface area contributed by atoms with Crippen LogP contribution in [-0.2, 0) is 9.59 Å². The molecule has 0 rings (SSSR count). The fourth-order valence-corrected chi connectivity index (χ4v) is 1.50. The quantitative estimate of drug-likeness (QED) is 0.575. The lowest BCUT2D eigenvalue weighted by atomic mass is 10.1. The SMILES string of the molecule is CCC[C@H](NC(=O)CC(C)NCC)C(=O)O. The summed E-state index contributed by atoms with van der Waals surface area (Å²) in [6.45, 7) is 6.55. The molecule has 5 nitrogen and oxygen atoms in total. The maximum absolute atomic E-state index is 11.5. The first-order valence-corrected chi connectivity index (χ1v) is 5.76. The lowest BCUT2D eigenvalue weighted by molar-refractivity contribution is -0.142. The highest BCUT2D eigenvalue weighted by atomic mass is 16.4. The number of nitrogens with one attached hydrogen (secondary N) is 2. The van der Waals surface area contributed by atoms with Crippen molar-refractivity contribution < 1.29 is 14.7 Å². The number of aliphatic carboxylic acids is 1. The molecule has 1 unspecified atom stereocenters. The Hall–Kier alpha value is -1.10. The number of carboxylic acids is 1. The normalized spacial score (nSPS) is 14.2. The number of carbonyl (C=O) groups excluding carboxylic acids is 1. The van der Waals surface area contributed by atoms with Crippen LogP contribution in [0.25, 0.3) is 0 Å². The molecule has 0 aromatic carbocycles. The monoisotopic (exact) mass is 230 g/mol. The number of hydrogen-bond acceptors (Lipinski definition) is 3. The van der Waals surface area contributed by atoms with Crippen LogP contribution in [0, 0.1) is 0 Å². The van der Waals surface area contributed by atoms with E-state index in [9.17, 15) is 9.59 Å². The van der Waals surface area contributed by atoms with Crippen LogP contribution in [0.2, 0.25) is 0 Å². The van der Waals surface area contributed by atoms with E-state index >= 15 is 0 Å². The fraction of sp³-hybridized carbons (Fsp3) is 0.818. The summed E-state index contributed by atoms with van der Waals surface area (Å²) in [5, 5.41) is 14.5. The van der Waals surface area contributed by atoms with Crippen LogP contribution >= 0.6 is 0 Å². The third-order valence-corrected chi connectivity index (χ3v) is 2.25. The van der Waals surface area contributed by atoms with Gasteiger partial charge in [0.2, 0.25) is 5.91 Å². The molecule has 0 saturated heterocycles. The van der Waals surface area contributed by atoms with Crippen molar-refractivity contribution in [3.63, 3.8) is 0 Å². The second kappa shape index (κ2) is 8.10. The average Bonchev–Trinajstić information content (AvgIpc) is 2.16. The molecule has 2 atom stereocenters. The van der Waals surface area contributed by atoms with E-state index in [1.807, 2.05) is 20.8 Å². The summed E-state index contributed by atoms with van der Waals surface area (Å²) < 4.78 is 0. The van der Waals surface area contributed by atoms with Crippen LogP contribution in [0.3, 0.4) is 0 Å². The van der Waals surface area contributed by atoms with Crippen molar-refractivity contribution in [1.29, 1.82) is 0 Å². The molecule has 0 saturated carbocycles. The van der Waals surface area contributed by atoms with Gasteiger partial charge in [0, 0.05) is 12.5 Å². The van der Waals surface area contributed by atoms with E-state index in [4.69, 9.17) is 5.11 Å². The zero-order valence-electron chi connectivity index (χ0n) is 10.2. The van der Waals surface area contributed by atoms with Gasteiger partial charge >= 0.3 is 5.97 Å². The Kier molecular flexibility index (Phi) is 7.54. The van der Waals surface area contributed by atoms with Crippen LogP contribution in [0.4, 0.5) is 0 Å². The maximum atomic E-state index is 11.5. The molecule has 3 N–H and O–H groups in total. The topological polar surface area (TPSA) is 78.4 Å². The molecule has 5 heteroatoms. The van der Waals surface area contributed by atoms with E-state index in [0.717, 1.165) is 13.0 Å². The van der Waals surface area contributed by atoms with Crippen LogP contribution < -0.4 is 10.6 Å². The molecular formula is C11H22N2O3. The molecule has 94 valence electrons. The first-order valence-electron chi connectivity index (χ1n) is 5.76. The fourth-order valence-electron chi connectivity index (χ4n) is 1.50. The van der Waals surface area contributed by atoms with E-state index in [2.05, 4.69) is 10.6 Å². The van der Waals surface area contributed by atoms with Gasteiger partial charge in [-0.15, -0.1) is 0 Å². The van der Waals surface area contributed by atoms with Crippen molar-refractivity contribution in [2.24, 2.45) is 0 Å². The molecular weight excluding hydrogens is 208 g/mol. The van der Waals surface area contributed by atoms with E-state index in [1.165, 1.54) is 0 Å². The minimum Gasteiger partial charge on any atom is -0.480 e. The van der Waals surface area contributed by atoms with Crippen LogP contribution in [0.15, 0.2) is 0 Å². The molecule has 0 fully saturated rings. The van der Waals surface area contributed by atoms with Crippen molar-refractivity contribution in [2.75, 3.05) is 6.54 Å². The van der Waals surface area contributed by atoms with E-state index < -0.39 is 12.0 Å². The molecule has 0 aromatic rings. The summed E-state index contributed by atoms with van der Waals surface area (Å²) in [5.74, 6) is -1.18. The Labute approximate surface area is 96.6 Å². The number of hydrogen-bond donors (Lipinski definition) is 3. The molecule has 0 aromatic heterocycles. The number of amides is 1. The summed E-state index contributed by atoms with van der Waals surface area (Å²) in [7, 11) is 0. The van der Waals surface area contributed by atoms with Crippen LogP contribution in [-0.4, -0.2) is 35.6 Å². The highest BCUT2D eigenvalue weighted by Crippen LogP contribution is 1.99. The van der Waals surface area contributed by atoms with Crippen molar-refractivity contribution in [3.8, 4) is 0 Å². The molecule has 0 aliphatic carbocycles. The summed E-state index contributed by atoms with van der Waals surface area (Å²) >= 11 is 0. The minimum absolute atomic E-state index is 0.0704. The molecule has 16 heavy (non-hydrogen) atoms. The Morgan fingerprint density at radius 2 is 1.94 bits per heavy atom. The lowest BCUT2D eigenvalue weighted by Gasteiger charge is -2.16. The minimum atomic E-state index is -0.966. The number of carboxylic acid groups (broad SMARTS) is 1. The van der Waals surface area contributed by atoms with Crippen LogP contribution in [0.1, 0.15) is 40.0 Å². The lowest BCUT2D eigenvalue weighted by Crippen LogP contribution is -2.43. The van der Waals surface area contributed by atoms with E-state index in [0.29, 0.717) is 12.8 Å². The Bertz CT molecular complexity index is 231. The van der Waals surface area contributed by atoms with Gasteiger partial charge in [-0.25, -0.2) is 4.79 Å². The van der Waals surface area contributed by atoms with Gasteiger partial charge in [-0.3, -0.25) is 4.79 Å². The summed E-state index contributed by atoms with van der Waals surface area (Å²) in [6.07, 6.45) is 1.51. The molecule has 0 aliphatic heterocycles. The van der Waals surface area contributed by atoms with Gasteiger partial charge in [0.15, 0.2) is 0 Å². The maximum Gasteiger partial charge on any atom is 0.326 e. The van der Waals surface area contributed by atoms with Gasteiger partial charge in [-0.1, -0.05) is 20.3 Å². The van der Waals surface area contributed by atoms with Gasteiger partial charge in [-0.05, 0) is 19.9 Å². The smallest absolute Gasteiger partial charge is 0.326 e. The Balaban J connectivity index is 4.04. The standard InChI is InChI=1S/C11H22N2O3/c1-4-6-9(11(15)16)13-10(14)7-8(3)12-5-2/h8-9,12H,4-7H2,1-3H3,(H,13,14)(H,15,16)/t8?,9-/m0/s1. The Morgan fingerprint density at radius 1 is 1.31 bits per heavy atom. The van der Waals surface area contributed by atoms with E-state index in [1.54, 1.807) is 0 Å². The summed E-state index contributed by atoms with van der Waals surface area (Å²) in [6, 6.07) is -0.688. The zero-order chi connectivity index (χ0) is 12.6. The van der Waals surface area contributed by atoms with Gasteiger partial charge in [0.05, 0.1) is 0 Å². The van der Waals surface area contributed by atoms with Gasteiger partial charge in [0.25, 0.3) is 0 Å². The summed E-state index contributed by atoms with van der Waals surface area (Å²) in [5.41, 5.74) is 0. The molecule has 0 heterocycles.